The van der Waals surface area contributed by atoms with E-state index < -0.39 is 6.61 Å². The lowest BCUT2D eigenvalue weighted by Gasteiger charge is -2.15. The Hall–Kier alpha value is -1.57. The van der Waals surface area contributed by atoms with Crippen LogP contribution in [0, 0.1) is 3.57 Å². The highest BCUT2D eigenvalue weighted by Crippen LogP contribution is 2.33. The Morgan fingerprint density at radius 3 is 2.62 bits per heavy atom. The summed E-state index contributed by atoms with van der Waals surface area (Å²) >= 11 is 2.21. The predicted molar refractivity (Wildman–Crippen MR) is 86.1 cm³/mol. The highest BCUT2D eigenvalue weighted by Gasteiger charge is 2.15. The molecule has 0 saturated carbocycles. The Balaban J connectivity index is 2.19. The largest absolute Gasteiger partial charge is 0.493 e. The molecular weight excluding hydrogens is 391 g/mol. The van der Waals surface area contributed by atoms with Gasteiger partial charge in [0, 0.05) is 21.4 Å². The molecule has 0 amide bonds. The number of para-hydroxylation sites is 1. The lowest BCUT2D eigenvalue weighted by Crippen LogP contribution is -2.08. The zero-order valence-electron chi connectivity index (χ0n) is 11.3. The van der Waals surface area contributed by atoms with Gasteiger partial charge in [-0.2, -0.15) is 8.78 Å². The van der Waals surface area contributed by atoms with Gasteiger partial charge in [-0.1, -0.05) is 18.2 Å². The molecule has 0 saturated heterocycles. The summed E-state index contributed by atoms with van der Waals surface area (Å²) in [4.78, 5) is 0. The van der Waals surface area contributed by atoms with Crippen LogP contribution in [0.4, 0.5) is 14.5 Å². The number of methoxy groups -OCH3 is 1. The van der Waals surface area contributed by atoms with Crippen molar-refractivity contribution in [3.8, 4) is 11.5 Å². The minimum atomic E-state index is -2.89. The van der Waals surface area contributed by atoms with Gasteiger partial charge in [-0.05, 0) is 46.9 Å². The van der Waals surface area contributed by atoms with Gasteiger partial charge in [0.1, 0.15) is 0 Å². The van der Waals surface area contributed by atoms with Crippen molar-refractivity contribution in [2.75, 3.05) is 12.4 Å². The van der Waals surface area contributed by atoms with Crippen molar-refractivity contribution in [2.24, 2.45) is 0 Å². The highest BCUT2D eigenvalue weighted by atomic mass is 127. The van der Waals surface area contributed by atoms with Crippen LogP contribution in [0.2, 0.25) is 0 Å². The number of hydrogen-bond acceptors (Lipinski definition) is 3. The number of anilines is 1. The first-order valence-electron chi connectivity index (χ1n) is 6.20. The van der Waals surface area contributed by atoms with E-state index >= 15 is 0 Å². The number of hydrogen-bond donors (Lipinski definition) is 1. The molecule has 6 heteroatoms. The Morgan fingerprint density at radius 2 is 1.95 bits per heavy atom. The van der Waals surface area contributed by atoms with Gasteiger partial charge in [0.2, 0.25) is 0 Å². The Morgan fingerprint density at radius 1 is 1.19 bits per heavy atom. The maximum Gasteiger partial charge on any atom is 0.387 e. The summed E-state index contributed by atoms with van der Waals surface area (Å²) < 4.78 is 35.8. The van der Waals surface area contributed by atoms with E-state index in [0.717, 1.165) is 9.26 Å². The lowest BCUT2D eigenvalue weighted by atomic mass is 10.1. The molecule has 0 heterocycles. The van der Waals surface area contributed by atoms with Crippen molar-refractivity contribution in [3.05, 3.63) is 51.6 Å². The maximum absolute atomic E-state index is 12.5. The Labute approximate surface area is 135 Å². The van der Waals surface area contributed by atoms with E-state index in [1.807, 2.05) is 24.3 Å². The van der Waals surface area contributed by atoms with Gasteiger partial charge in [-0.15, -0.1) is 0 Å². The zero-order chi connectivity index (χ0) is 15.2. The molecule has 1 N–H and O–H groups in total. The molecule has 0 fully saturated rings. The Kier molecular flexibility index (Phi) is 5.60. The molecule has 0 spiro atoms. The van der Waals surface area contributed by atoms with E-state index in [2.05, 4.69) is 32.6 Å². The third-order valence-electron chi connectivity index (χ3n) is 2.79. The van der Waals surface area contributed by atoms with Crippen LogP contribution in [-0.4, -0.2) is 13.7 Å². The van der Waals surface area contributed by atoms with Crippen molar-refractivity contribution in [1.29, 1.82) is 0 Å². The van der Waals surface area contributed by atoms with E-state index in [4.69, 9.17) is 4.74 Å². The van der Waals surface area contributed by atoms with Crippen LogP contribution in [0.25, 0.3) is 0 Å². The van der Waals surface area contributed by atoms with Crippen molar-refractivity contribution >= 4 is 28.3 Å². The fourth-order valence-corrected chi connectivity index (χ4v) is 2.42. The number of alkyl halides is 2. The summed E-state index contributed by atoms with van der Waals surface area (Å²) in [5.74, 6) is 0.352. The zero-order valence-corrected chi connectivity index (χ0v) is 13.4. The summed E-state index contributed by atoms with van der Waals surface area (Å²) in [5.41, 5.74) is 1.52. The van der Waals surface area contributed by atoms with Crippen LogP contribution in [0.1, 0.15) is 5.56 Å². The van der Waals surface area contributed by atoms with Crippen molar-refractivity contribution < 1.29 is 18.3 Å². The standard InChI is InChI=1S/C15H14F2INO2/c1-20-13-7-2-4-10(14(13)21-15(16)17)9-19-12-6-3-5-11(18)8-12/h2-8,15,19H,9H2,1H3. The highest BCUT2D eigenvalue weighted by molar-refractivity contribution is 14.1. The average molecular weight is 405 g/mol. The lowest BCUT2D eigenvalue weighted by molar-refractivity contribution is -0.0517. The van der Waals surface area contributed by atoms with Gasteiger partial charge in [0.05, 0.1) is 7.11 Å². The summed E-state index contributed by atoms with van der Waals surface area (Å²) in [6, 6.07) is 12.8. The minimum Gasteiger partial charge on any atom is -0.493 e. The van der Waals surface area contributed by atoms with Gasteiger partial charge >= 0.3 is 6.61 Å². The third-order valence-corrected chi connectivity index (χ3v) is 3.47. The first kappa shape index (κ1) is 15.8. The second-order valence-corrected chi connectivity index (χ2v) is 5.44. The molecule has 2 aromatic rings. The fourth-order valence-electron chi connectivity index (χ4n) is 1.88. The molecule has 0 unspecified atom stereocenters. The first-order valence-corrected chi connectivity index (χ1v) is 7.28. The quantitative estimate of drug-likeness (QED) is 0.718. The molecule has 0 atom stereocenters. The van der Waals surface area contributed by atoms with Gasteiger partial charge in [-0.3, -0.25) is 0 Å². The van der Waals surface area contributed by atoms with E-state index in [-0.39, 0.29) is 11.5 Å². The number of ether oxygens (including phenoxy) is 2. The molecular formula is C15H14F2INO2. The average Bonchev–Trinajstić information content (AvgIpc) is 2.45. The molecule has 2 rings (SSSR count). The van der Waals surface area contributed by atoms with Gasteiger partial charge in [0.25, 0.3) is 0 Å². The fraction of sp³-hybridized carbons (Fsp3) is 0.200. The van der Waals surface area contributed by atoms with E-state index in [9.17, 15) is 8.78 Å². The van der Waals surface area contributed by atoms with Gasteiger partial charge < -0.3 is 14.8 Å². The van der Waals surface area contributed by atoms with Crippen LogP contribution in [0.5, 0.6) is 11.5 Å². The van der Waals surface area contributed by atoms with Crippen LogP contribution in [0.15, 0.2) is 42.5 Å². The summed E-state index contributed by atoms with van der Waals surface area (Å²) in [5, 5.41) is 3.18. The topological polar surface area (TPSA) is 30.5 Å². The SMILES string of the molecule is COc1cccc(CNc2cccc(I)c2)c1OC(F)F. The molecule has 0 aliphatic carbocycles. The monoisotopic (exact) mass is 405 g/mol. The van der Waals surface area contributed by atoms with Crippen LogP contribution in [0.3, 0.4) is 0 Å². The minimum absolute atomic E-state index is 0.0631. The van der Waals surface area contributed by atoms with E-state index in [0.29, 0.717) is 12.1 Å². The second-order valence-electron chi connectivity index (χ2n) is 4.19. The van der Waals surface area contributed by atoms with Crippen LogP contribution in [-0.2, 0) is 6.54 Å². The molecule has 21 heavy (non-hydrogen) atoms. The van der Waals surface area contributed by atoms with Crippen LogP contribution >= 0.6 is 22.6 Å². The van der Waals surface area contributed by atoms with E-state index in [1.165, 1.54) is 7.11 Å². The number of halogens is 3. The summed E-state index contributed by atoms with van der Waals surface area (Å²) in [7, 11) is 1.42. The molecule has 0 aromatic heterocycles. The molecule has 3 nitrogen and oxygen atoms in total. The normalized spacial score (nSPS) is 10.5. The van der Waals surface area contributed by atoms with Gasteiger partial charge in [-0.25, -0.2) is 0 Å². The number of nitrogens with one attached hydrogen (secondary N) is 1. The molecule has 0 bridgehead atoms. The molecule has 0 radical (unpaired) electrons. The maximum atomic E-state index is 12.5. The van der Waals surface area contributed by atoms with Crippen LogP contribution < -0.4 is 14.8 Å². The number of benzene rings is 2. The second kappa shape index (κ2) is 7.44. The molecule has 2 aromatic carbocycles. The third kappa shape index (κ3) is 4.45. The molecule has 0 aliphatic rings. The van der Waals surface area contributed by atoms with E-state index in [1.54, 1.807) is 18.2 Å². The van der Waals surface area contributed by atoms with Crippen molar-refractivity contribution in [3.63, 3.8) is 0 Å². The Bertz CT molecular complexity index is 608. The van der Waals surface area contributed by atoms with Gasteiger partial charge in [0.15, 0.2) is 11.5 Å². The van der Waals surface area contributed by atoms with Crippen molar-refractivity contribution in [2.45, 2.75) is 13.2 Å². The predicted octanol–water partition coefficient (Wildman–Crippen LogP) is 4.51. The first-order chi connectivity index (χ1) is 10.1. The molecule has 112 valence electrons. The molecule has 0 aliphatic heterocycles. The summed E-state index contributed by atoms with van der Waals surface area (Å²) in [6.07, 6.45) is 0. The number of rotatable bonds is 6. The smallest absolute Gasteiger partial charge is 0.387 e. The summed E-state index contributed by atoms with van der Waals surface area (Å²) in [6.45, 7) is -2.53. The van der Waals surface area contributed by atoms with Crippen molar-refractivity contribution in [1.82, 2.24) is 0 Å².